The molecule has 0 radical (unpaired) electrons. The maximum atomic E-state index is 15.0. The average Bonchev–Trinajstić information content (AvgIpc) is 3.51. The number of sulfone groups is 1. The van der Waals surface area contributed by atoms with Crippen LogP contribution in [0.25, 0.3) is 0 Å². The Bertz CT molecular complexity index is 1520. The van der Waals surface area contributed by atoms with Gasteiger partial charge in [0.1, 0.15) is 10.6 Å². The lowest BCUT2D eigenvalue weighted by Gasteiger charge is -2.44. The molecule has 6 rings (SSSR count). The number of aryl methyl sites for hydroxylation is 1. The van der Waals surface area contributed by atoms with Crippen molar-refractivity contribution < 1.29 is 48.3 Å². The van der Waals surface area contributed by atoms with Gasteiger partial charge < -0.3 is 10.2 Å². The van der Waals surface area contributed by atoms with Crippen molar-refractivity contribution in [2.24, 2.45) is 5.92 Å². The highest BCUT2D eigenvalue weighted by atomic mass is 32.2. The van der Waals surface area contributed by atoms with E-state index in [-0.39, 0.29) is 65.7 Å². The highest BCUT2D eigenvalue weighted by Crippen LogP contribution is 2.57. The first-order valence-corrected chi connectivity index (χ1v) is 15.5. The Kier molecular flexibility index (Phi) is 6.96. The third-order valence-corrected chi connectivity index (χ3v) is 12.3. The molecule has 3 fully saturated rings. The molecule has 1 N–H and O–H groups in total. The number of alkyl halides is 7. The van der Waals surface area contributed by atoms with E-state index in [0.29, 0.717) is 25.0 Å². The molecule has 0 saturated carbocycles. The lowest BCUT2D eigenvalue weighted by molar-refractivity contribution is -0.348. The molecule has 2 aromatic carbocycles. The zero-order chi connectivity index (χ0) is 31.2. The van der Waals surface area contributed by atoms with E-state index < -0.39 is 50.0 Å². The molecule has 4 aliphatic rings. The Balaban J connectivity index is 1.48. The molecule has 3 heterocycles. The molecule has 5 atom stereocenters. The van der Waals surface area contributed by atoms with Crippen LogP contribution in [0.2, 0.25) is 0 Å². The summed E-state index contributed by atoms with van der Waals surface area (Å²) in [5.41, 5.74) is -7.63. The van der Waals surface area contributed by atoms with E-state index in [1.807, 2.05) is 0 Å². The van der Waals surface area contributed by atoms with Crippen LogP contribution < -0.4 is 5.32 Å². The number of nitrogens with zero attached hydrogens (tertiary/aromatic N) is 1. The topological polar surface area (TPSA) is 66.5 Å². The van der Waals surface area contributed by atoms with Gasteiger partial charge in [-0.15, -0.1) is 0 Å². The maximum absolute atomic E-state index is 15.0. The molecular weight excluding hydrogens is 608 g/mol. The summed E-state index contributed by atoms with van der Waals surface area (Å²) in [6.07, 6.45) is -10.1. The summed E-state index contributed by atoms with van der Waals surface area (Å²) in [6, 6.07) is 4.87. The van der Waals surface area contributed by atoms with Gasteiger partial charge in [-0.3, -0.25) is 4.79 Å². The van der Waals surface area contributed by atoms with Crippen LogP contribution >= 0.6 is 0 Å². The minimum absolute atomic E-state index is 0.0114. The van der Waals surface area contributed by atoms with Crippen molar-refractivity contribution in [3.63, 3.8) is 0 Å². The fraction of sp³-hybridized carbons (Fsp3) is 0.552. The third-order valence-electron chi connectivity index (χ3n) is 9.77. The molecule has 14 heteroatoms. The number of rotatable bonds is 4. The van der Waals surface area contributed by atoms with Crippen molar-refractivity contribution in [3.8, 4) is 0 Å². The number of carbonyl (C=O) groups is 1. The molecule has 234 valence electrons. The molecule has 1 unspecified atom stereocenters. The van der Waals surface area contributed by atoms with E-state index in [4.69, 9.17) is 0 Å². The minimum atomic E-state index is -6.33. The minimum Gasteiger partial charge on any atom is -0.337 e. The van der Waals surface area contributed by atoms with Gasteiger partial charge in [0.15, 0.2) is 9.84 Å². The maximum Gasteiger partial charge on any atom is 0.435 e. The molecular formula is C29H28F8N2O3S. The first-order chi connectivity index (χ1) is 20.0. The lowest BCUT2D eigenvalue weighted by atomic mass is 9.76. The predicted molar refractivity (Wildman–Crippen MR) is 138 cm³/mol. The second-order valence-electron chi connectivity index (χ2n) is 12.0. The molecule has 3 aliphatic heterocycles. The van der Waals surface area contributed by atoms with Crippen LogP contribution in [0.4, 0.5) is 35.1 Å². The average molecular weight is 637 g/mol. The smallest absolute Gasteiger partial charge is 0.337 e. The van der Waals surface area contributed by atoms with E-state index in [9.17, 15) is 48.3 Å². The monoisotopic (exact) mass is 636 g/mol. The van der Waals surface area contributed by atoms with Crippen LogP contribution in [-0.4, -0.2) is 56.2 Å². The van der Waals surface area contributed by atoms with Crippen LogP contribution in [0, 0.1) is 11.7 Å². The highest BCUT2D eigenvalue weighted by molar-refractivity contribution is 7.92. The lowest BCUT2D eigenvalue weighted by Crippen LogP contribution is -2.54. The van der Waals surface area contributed by atoms with Crippen molar-refractivity contribution in [2.75, 3.05) is 6.54 Å². The van der Waals surface area contributed by atoms with Crippen LogP contribution in [0.3, 0.4) is 0 Å². The Labute approximate surface area is 242 Å². The van der Waals surface area contributed by atoms with Gasteiger partial charge in [0, 0.05) is 30.1 Å². The molecule has 43 heavy (non-hydrogen) atoms. The number of hydrogen-bond donors (Lipinski definition) is 1. The van der Waals surface area contributed by atoms with Crippen molar-refractivity contribution in [2.45, 2.75) is 90.7 Å². The Morgan fingerprint density at radius 1 is 0.884 bits per heavy atom. The number of halogens is 8. The summed E-state index contributed by atoms with van der Waals surface area (Å²) < 4.78 is 137. The zero-order valence-electron chi connectivity index (χ0n) is 22.6. The Morgan fingerprint density at radius 2 is 1.49 bits per heavy atom. The number of likely N-dealkylation sites (tertiary alicyclic amines) is 1. The summed E-state index contributed by atoms with van der Waals surface area (Å²) in [5, 5.41) is 3.44. The molecule has 0 spiro atoms. The summed E-state index contributed by atoms with van der Waals surface area (Å²) in [4.78, 5) is 15.1. The van der Waals surface area contributed by atoms with Crippen LogP contribution in [-0.2, 0) is 31.5 Å². The number of piperidine rings is 1. The quantitative estimate of drug-likeness (QED) is 0.338. The highest BCUT2D eigenvalue weighted by Gasteiger charge is 2.74. The van der Waals surface area contributed by atoms with Crippen LogP contribution in [0.1, 0.15) is 55.2 Å². The predicted octanol–water partition coefficient (Wildman–Crippen LogP) is 5.86. The Hall–Kier alpha value is -2.74. The number of nitrogens with one attached hydrogen (secondary N) is 1. The van der Waals surface area contributed by atoms with Gasteiger partial charge in [-0.2, -0.15) is 26.3 Å². The normalized spacial score (nSPS) is 29.3. The van der Waals surface area contributed by atoms with E-state index in [1.54, 1.807) is 0 Å². The number of carbonyl (C=O) groups excluding carboxylic acids is 1. The Morgan fingerprint density at radius 3 is 2.07 bits per heavy atom. The fourth-order valence-electron chi connectivity index (χ4n) is 7.81. The molecule has 2 bridgehead atoms. The summed E-state index contributed by atoms with van der Waals surface area (Å²) >= 11 is 0. The number of benzene rings is 2. The molecule has 3 saturated heterocycles. The van der Waals surface area contributed by atoms with Crippen molar-refractivity contribution >= 4 is 15.7 Å². The van der Waals surface area contributed by atoms with Gasteiger partial charge in [0.05, 0.1) is 10.9 Å². The van der Waals surface area contributed by atoms with E-state index in [0.717, 1.165) is 43.2 Å². The summed E-state index contributed by atoms with van der Waals surface area (Å²) in [6.45, 7) is -0.0114. The fourth-order valence-corrected chi connectivity index (χ4v) is 10.2. The van der Waals surface area contributed by atoms with Crippen LogP contribution in [0.5, 0.6) is 0 Å². The summed E-state index contributed by atoms with van der Waals surface area (Å²) in [7, 11) is -4.51. The SMILES string of the molecule is O=C(C1C[C@H]2CC[C@@H](C1)N2)N1CC[C@@]2(S(=O)(=O)c3ccc(F)cc3)c3ccc(C(F)(C(F)(F)F)C(F)(F)F)cc3CC[C@@H]12. The van der Waals surface area contributed by atoms with Gasteiger partial charge >= 0.3 is 18.0 Å². The van der Waals surface area contributed by atoms with E-state index in [1.165, 1.54) is 4.90 Å². The van der Waals surface area contributed by atoms with Gasteiger partial charge in [0.25, 0.3) is 0 Å². The van der Waals surface area contributed by atoms with Crippen molar-refractivity contribution in [3.05, 3.63) is 65.0 Å². The standard InChI is InChI=1S/C29H28F8N2O3S/c30-19-3-7-22(8-4-19)43(41,42)26-11-12-39(25(40)17-14-20-5-6-21(15-17)38-20)24(26)10-1-16-13-18(2-9-23(16)26)27(31,28(32,33)34)29(35,36)37/h2-4,7-9,13,17,20-21,24,38H,1,5-6,10-12,14-15H2/t17?,20-,21+,24-,26-/m1/s1. The van der Waals surface area contributed by atoms with Gasteiger partial charge in [-0.1, -0.05) is 18.2 Å². The van der Waals surface area contributed by atoms with Gasteiger partial charge in [0.2, 0.25) is 5.91 Å². The van der Waals surface area contributed by atoms with Crippen LogP contribution in [0.15, 0.2) is 47.4 Å². The second kappa shape index (κ2) is 9.88. The molecule has 5 nitrogen and oxygen atoms in total. The first-order valence-electron chi connectivity index (χ1n) is 14.0. The molecule has 1 aliphatic carbocycles. The summed E-state index contributed by atoms with van der Waals surface area (Å²) in [5.74, 6) is -1.32. The number of amides is 1. The number of fused-ring (bicyclic) bond motifs is 5. The molecule has 0 aromatic heterocycles. The van der Waals surface area contributed by atoms with Gasteiger partial charge in [-0.05, 0) is 80.3 Å². The van der Waals surface area contributed by atoms with Crippen molar-refractivity contribution in [1.82, 2.24) is 10.2 Å². The van der Waals surface area contributed by atoms with E-state index in [2.05, 4.69) is 5.32 Å². The third kappa shape index (κ3) is 4.40. The largest absolute Gasteiger partial charge is 0.435 e. The molecule has 1 amide bonds. The van der Waals surface area contributed by atoms with E-state index >= 15 is 0 Å². The van der Waals surface area contributed by atoms with Crippen molar-refractivity contribution in [1.29, 1.82) is 0 Å². The number of hydrogen-bond acceptors (Lipinski definition) is 4. The van der Waals surface area contributed by atoms with Gasteiger partial charge in [-0.25, -0.2) is 17.2 Å². The first kappa shape index (κ1) is 30.3. The molecule has 2 aromatic rings. The zero-order valence-corrected chi connectivity index (χ0v) is 23.4. The second-order valence-corrected chi connectivity index (χ2v) is 14.2.